The van der Waals surface area contributed by atoms with Crippen LogP contribution >= 0.6 is 0 Å². The van der Waals surface area contributed by atoms with E-state index in [4.69, 9.17) is 15.0 Å². The third kappa shape index (κ3) is 4.56. The average molecular weight is 715 g/mol. The zero-order chi connectivity index (χ0) is 36.7. The standard InChI is InChI=1S/C50H30N6/c1-3-11-31(12-4-1)48-52-49(32-13-5-2-6-14-32)54-50(53-48)35-29-41-38-16-8-10-18-44(38)56-46-22-20-34(28-40(46)42(30-35)47(41)56)33-19-21-45-39(27-33)37-15-7-9-17-43(37)55(45)36-23-25-51-26-24-36/h1-30H. The molecule has 6 heteroatoms. The normalized spacial score (nSPS) is 11.9. The number of fused-ring (bicyclic) bond motifs is 9. The minimum absolute atomic E-state index is 0.647. The van der Waals surface area contributed by atoms with E-state index in [0.717, 1.165) is 27.9 Å². The highest BCUT2D eigenvalue weighted by Gasteiger charge is 2.21. The first-order valence-electron chi connectivity index (χ1n) is 18.8. The minimum Gasteiger partial charge on any atom is -0.309 e. The van der Waals surface area contributed by atoms with Crippen molar-refractivity contribution in [1.82, 2.24) is 28.9 Å². The lowest BCUT2D eigenvalue weighted by Crippen LogP contribution is -2.00. The fourth-order valence-corrected chi connectivity index (χ4v) is 8.67. The first-order valence-corrected chi connectivity index (χ1v) is 18.8. The maximum absolute atomic E-state index is 5.13. The van der Waals surface area contributed by atoms with Gasteiger partial charge in [0.15, 0.2) is 17.5 Å². The summed E-state index contributed by atoms with van der Waals surface area (Å²) in [5.41, 5.74) is 12.2. The summed E-state index contributed by atoms with van der Waals surface area (Å²) in [5, 5.41) is 7.19. The van der Waals surface area contributed by atoms with Gasteiger partial charge in [0, 0.05) is 67.1 Å². The molecule has 0 saturated heterocycles. The molecule has 5 heterocycles. The van der Waals surface area contributed by atoms with Crippen molar-refractivity contribution in [3.05, 3.63) is 182 Å². The van der Waals surface area contributed by atoms with Crippen LogP contribution in [0.25, 0.3) is 111 Å². The lowest BCUT2D eigenvalue weighted by molar-refractivity contribution is 1.07. The second-order valence-electron chi connectivity index (χ2n) is 14.3. The van der Waals surface area contributed by atoms with Crippen LogP contribution in [0.3, 0.4) is 0 Å². The van der Waals surface area contributed by atoms with Crippen LogP contribution in [0.5, 0.6) is 0 Å². The Bertz CT molecular complexity index is 3400. The number of nitrogens with zero attached hydrogens (tertiary/aromatic N) is 6. The minimum atomic E-state index is 0.647. The Hall–Kier alpha value is -7.70. The van der Waals surface area contributed by atoms with Gasteiger partial charge in [0.2, 0.25) is 0 Å². The largest absolute Gasteiger partial charge is 0.309 e. The van der Waals surface area contributed by atoms with Gasteiger partial charge in [-0.3, -0.25) is 4.98 Å². The molecule has 0 saturated carbocycles. The summed E-state index contributed by atoms with van der Waals surface area (Å²) in [6.45, 7) is 0. The highest BCUT2D eigenvalue weighted by molar-refractivity contribution is 6.24. The molecular weight excluding hydrogens is 685 g/mol. The Kier molecular flexibility index (Phi) is 6.53. The number of aromatic nitrogens is 6. The molecule has 56 heavy (non-hydrogen) atoms. The van der Waals surface area contributed by atoms with E-state index in [0.29, 0.717) is 17.5 Å². The molecule has 260 valence electrons. The molecule has 0 aliphatic rings. The number of hydrogen-bond donors (Lipinski definition) is 0. The Labute approximate surface area is 321 Å². The Morgan fingerprint density at radius 1 is 0.321 bits per heavy atom. The van der Waals surface area contributed by atoms with Gasteiger partial charge in [-0.1, -0.05) is 109 Å². The van der Waals surface area contributed by atoms with E-state index in [1.165, 1.54) is 65.5 Å². The Balaban J connectivity index is 1.09. The van der Waals surface area contributed by atoms with Crippen LogP contribution in [-0.4, -0.2) is 28.9 Å². The first-order chi connectivity index (χ1) is 27.8. The van der Waals surface area contributed by atoms with E-state index >= 15 is 0 Å². The van der Waals surface area contributed by atoms with E-state index in [1.807, 2.05) is 48.8 Å². The fourth-order valence-electron chi connectivity index (χ4n) is 8.67. The molecule has 6 nitrogen and oxygen atoms in total. The highest BCUT2D eigenvalue weighted by atomic mass is 15.0. The van der Waals surface area contributed by atoms with E-state index in [2.05, 4.69) is 147 Å². The van der Waals surface area contributed by atoms with Crippen LogP contribution in [0.2, 0.25) is 0 Å². The van der Waals surface area contributed by atoms with Crippen LogP contribution in [0.15, 0.2) is 182 Å². The van der Waals surface area contributed by atoms with Crippen LogP contribution in [0, 0.1) is 0 Å². The van der Waals surface area contributed by atoms with E-state index in [9.17, 15) is 0 Å². The number of rotatable bonds is 5. The maximum Gasteiger partial charge on any atom is 0.164 e. The summed E-state index contributed by atoms with van der Waals surface area (Å²) in [6, 6.07) is 60.1. The number of pyridine rings is 1. The molecule has 0 bridgehead atoms. The van der Waals surface area contributed by atoms with Gasteiger partial charge in [0.25, 0.3) is 0 Å². The van der Waals surface area contributed by atoms with E-state index < -0.39 is 0 Å². The van der Waals surface area contributed by atoms with Gasteiger partial charge in [-0.15, -0.1) is 0 Å². The van der Waals surface area contributed by atoms with Gasteiger partial charge < -0.3 is 8.97 Å². The SMILES string of the molecule is c1ccc(-c2nc(-c3ccccc3)nc(-c3cc4c5ccccc5n5c6ccc(-c7ccc8c(c7)c7ccccc7n8-c7ccncc7)cc6c(c3)c45)n2)cc1. The van der Waals surface area contributed by atoms with Crippen LogP contribution < -0.4 is 0 Å². The van der Waals surface area contributed by atoms with Crippen LogP contribution in [0.4, 0.5) is 0 Å². The van der Waals surface area contributed by atoms with Crippen molar-refractivity contribution in [2.24, 2.45) is 0 Å². The Morgan fingerprint density at radius 2 is 0.768 bits per heavy atom. The van der Waals surface area contributed by atoms with Gasteiger partial charge in [-0.25, -0.2) is 15.0 Å². The number of hydrogen-bond acceptors (Lipinski definition) is 4. The molecule has 0 amide bonds. The third-order valence-corrected chi connectivity index (χ3v) is 11.2. The first kappa shape index (κ1) is 30.7. The predicted molar refractivity (Wildman–Crippen MR) is 228 cm³/mol. The molecule has 0 N–H and O–H groups in total. The number of para-hydroxylation sites is 2. The molecule has 12 rings (SSSR count). The summed E-state index contributed by atoms with van der Waals surface area (Å²) in [7, 11) is 0. The van der Waals surface area contributed by atoms with Gasteiger partial charge >= 0.3 is 0 Å². The second kappa shape index (κ2) is 11.9. The van der Waals surface area contributed by atoms with Gasteiger partial charge in [-0.05, 0) is 71.8 Å². The molecule has 12 aromatic rings. The molecule has 0 aliphatic heterocycles. The van der Waals surface area contributed by atoms with Gasteiger partial charge in [-0.2, -0.15) is 0 Å². The predicted octanol–water partition coefficient (Wildman–Crippen LogP) is 12.2. The molecule has 0 radical (unpaired) electrons. The van der Waals surface area contributed by atoms with Crippen molar-refractivity contribution in [2.75, 3.05) is 0 Å². The highest BCUT2D eigenvalue weighted by Crippen LogP contribution is 2.43. The van der Waals surface area contributed by atoms with Crippen molar-refractivity contribution < 1.29 is 0 Å². The topological polar surface area (TPSA) is 60.9 Å². The summed E-state index contributed by atoms with van der Waals surface area (Å²) >= 11 is 0. The van der Waals surface area contributed by atoms with Crippen molar-refractivity contribution >= 4 is 59.9 Å². The average Bonchev–Trinajstić information content (AvgIpc) is 3.91. The molecule has 0 unspecified atom stereocenters. The monoisotopic (exact) mass is 714 g/mol. The number of benzene rings is 7. The summed E-state index contributed by atoms with van der Waals surface area (Å²) in [4.78, 5) is 19.5. The van der Waals surface area contributed by atoms with Gasteiger partial charge in [0.05, 0.1) is 27.6 Å². The van der Waals surface area contributed by atoms with Crippen molar-refractivity contribution in [3.63, 3.8) is 0 Å². The van der Waals surface area contributed by atoms with Gasteiger partial charge in [0.1, 0.15) is 0 Å². The second-order valence-corrected chi connectivity index (χ2v) is 14.3. The van der Waals surface area contributed by atoms with Crippen molar-refractivity contribution in [1.29, 1.82) is 0 Å². The zero-order valence-electron chi connectivity index (χ0n) is 30.0. The van der Waals surface area contributed by atoms with Crippen LogP contribution in [0.1, 0.15) is 0 Å². The molecule has 0 aliphatic carbocycles. The van der Waals surface area contributed by atoms with Crippen molar-refractivity contribution in [3.8, 4) is 51.0 Å². The Morgan fingerprint density at radius 3 is 1.41 bits per heavy atom. The fraction of sp³-hybridized carbons (Fsp3) is 0. The molecule has 5 aromatic heterocycles. The quantitative estimate of drug-likeness (QED) is 0.178. The maximum atomic E-state index is 5.13. The molecule has 0 atom stereocenters. The van der Waals surface area contributed by atoms with E-state index in [1.54, 1.807) is 0 Å². The van der Waals surface area contributed by atoms with Crippen LogP contribution in [-0.2, 0) is 0 Å². The molecule has 0 fully saturated rings. The molecule has 0 spiro atoms. The van der Waals surface area contributed by atoms with E-state index in [-0.39, 0.29) is 0 Å². The zero-order valence-corrected chi connectivity index (χ0v) is 30.0. The summed E-state index contributed by atoms with van der Waals surface area (Å²) < 4.78 is 4.75. The summed E-state index contributed by atoms with van der Waals surface area (Å²) in [6.07, 6.45) is 3.70. The lowest BCUT2D eigenvalue weighted by atomic mass is 9.99. The molecular formula is C50H30N6. The lowest BCUT2D eigenvalue weighted by Gasteiger charge is -2.09. The molecule has 7 aromatic carbocycles. The van der Waals surface area contributed by atoms with Crippen molar-refractivity contribution in [2.45, 2.75) is 0 Å². The third-order valence-electron chi connectivity index (χ3n) is 11.2. The summed E-state index contributed by atoms with van der Waals surface area (Å²) in [5.74, 6) is 1.95. The smallest absolute Gasteiger partial charge is 0.164 e.